The Balaban J connectivity index is 1.89. The van der Waals surface area contributed by atoms with Crippen LogP contribution in [0.1, 0.15) is 29.6 Å². The zero-order chi connectivity index (χ0) is 15.0. The van der Waals surface area contributed by atoms with Crippen molar-refractivity contribution in [3.63, 3.8) is 0 Å². The molecule has 2 aliphatic rings. The predicted octanol–water partition coefficient (Wildman–Crippen LogP) is 0.301. The van der Waals surface area contributed by atoms with E-state index < -0.39 is 15.9 Å². The molecule has 7 heteroatoms. The third-order valence-electron chi connectivity index (χ3n) is 4.24. The van der Waals surface area contributed by atoms with Gasteiger partial charge in [0.25, 0.3) is 0 Å². The number of fused-ring (bicyclic) bond motifs is 2. The van der Waals surface area contributed by atoms with Crippen LogP contribution in [-0.2, 0) is 10.0 Å². The quantitative estimate of drug-likeness (QED) is 0.840. The number of carbonyl (C=O) groups is 1. The van der Waals surface area contributed by atoms with E-state index in [2.05, 4.69) is 5.32 Å². The Morgan fingerprint density at radius 2 is 2.00 bits per heavy atom. The number of nitrogens with two attached hydrogens (primary N) is 1. The molecule has 2 bridgehead atoms. The predicted molar refractivity (Wildman–Crippen MR) is 78.3 cm³/mol. The van der Waals surface area contributed by atoms with Gasteiger partial charge in [0.2, 0.25) is 15.9 Å². The molecule has 0 aromatic heterocycles. The van der Waals surface area contributed by atoms with Gasteiger partial charge in [0.15, 0.2) is 0 Å². The van der Waals surface area contributed by atoms with Crippen LogP contribution in [0.3, 0.4) is 0 Å². The van der Waals surface area contributed by atoms with E-state index in [0.29, 0.717) is 19.1 Å². The SMILES string of the molecule is NC(=O)c1cccc(S(=O)(=O)N2CCC3CCC(C2)N3)c1. The Morgan fingerprint density at radius 1 is 1.24 bits per heavy atom. The summed E-state index contributed by atoms with van der Waals surface area (Å²) in [5.41, 5.74) is 5.43. The molecule has 3 rings (SSSR count). The highest BCUT2D eigenvalue weighted by molar-refractivity contribution is 7.89. The summed E-state index contributed by atoms with van der Waals surface area (Å²) in [5, 5.41) is 3.46. The Kier molecular flexibility index (Phi) is 3.73. The number of nitrogens with zero attached hydrogens (tertiary/aromatic N) is 1. The zero-order valence-electron chi connectivity index (χ0n) is 11.7. The van der Waals surface area contributed by atoms with Gasteiger partial charge in [0.05, 0.1) is 4.90 Å². The molecule has 114 valence electrons. The molecule has 1 amide bonds. The first kappa shape index (κ1) is 14.5. The maximum Gasteiger partial charge on any atom is 0.248 e. The lowest BCUT2D eigenvalue weighted by Gasteiger charge is -2.23. The van der Waals surface area contributed by atoms with Gasteiger partial charge < -0.3 is 11.1 Å². The fourth-order valence-corrected chi connectivity index (χ4v) is 4.63. The number of carbonyl (C=O) groups excluding carboxylic acids is 1. The smallest absolute Gasteiger partial charge is 0.248 e. The molecule has 2 heterocycles. The third kappa shape index (κ3) is 2.81. The summed E-state index contributed by atoms with van der Waals surface area (Å²) >= 11 is 0. The van der Waals surface area contributed by atoms with Crippen molar-refractivity contribution in [2.45, 2.75) is 36.2 Å². The summed E-state index contributed by atoms with van der Waals surface area (Å²) in [6.45, 7) is 0.997. The Hall–Kier alpha value is -1.44. The lowest BCUT2D eigenvalue weighted by Crippen LogP contribution is -2.39. The van der Waals surface area contributed by atoms with Gasteiger partial charge >= 0.3 is 0 Å². The maximum atomic E-state index is 12.7. The molecular weight excluding hydrogens is 290 g/mol. The van der Waals surface area contributed by atoms with Gasteiger partial charge in [-0.25, -0.2) is 8.42 Å². The highest BCUT2D eigenvalue weighted by atomic mass is 32.2. The summed E-state index contributed by atoms with van der Waals surface area (Å²) < 4.78 is 27.0. The molecule has 0 aliphatic carbocycles. The number of nitrogens with one attached hydrogen (secondary N) is 1. The Labute approximate surface area is 124 Å². The van der Waals surface area contributed by atoms with E-state index in [-0.39, 0.29) is 16.5 Å². The van der Waals surface area contributed by atoms with Gasteiger partial charge in [0.1, 0.15) is 0 Å². The number of amides is 1. The van der Waals surface area contributed by atoms with E-state index in [1.165, 1.54) is 22.5 Å². The van der Waals surface area contributed by atoms with Crippen LogP contribution in [0.2, 0.25) is 0 Å². The molecule has 2 aliphatic heterocycles. The van der Waals surface area contributed by atoms with Gasteiger partial charge in [-0.1, -0.05) is 6.07 Å². The first-order valence-corrected chi connectivity index (χ1v) is 8.57. The minimum atomic E-state index is -3.58. The van der Waals surface area contributed by atoms with Gasteiger partial charge in [0, 0.05) is 30.7 Å². The molecule has 1 aromatic rings. The number of hydrogen-bond acceptors (Lipinski definition) is 4. The van der Waals surface area contributed by atoms with E-state index in [4.69, 9.17) is 5.73 Å². The molecule has 2 saturated heterocycles. The van der Waals surface area contributed by atoms with Crippen molar-refractivity contribution < 1.29 is 13.2 Å². The van der Waals surface area contributed by atoms with E-state index in [1.807, 2.05) is 0 Å². The molecule has 0 radical (unpaired) electrons. The van der Waals surface area contributed by atoms with Gasteiger partial charge in [-0.05, 0) is 37.5 Å². The average Bonchev–Trinajstić information content (AvgIpc) is 2.77. The molecule has 0 saturated carbocycles. The van der Waals surface area contributed by atoms with Crippen LogP contribution in [0.4, 0.5) is 0 Å². The number of benzene rings is 1. The minimum Gasteiger partial charge on any atom is -0.366 e. The van der Waals surface area contributed by atoms with E-state index >= 15 is 0 Å². The summed E-state index contributed by atoms with van der Waals surface area (Å²) in [6.07, 6.45) is 2.96. The summed E-state index contributed by atoms with van der Waals surface area (Å²) in [5.74, 6) is -0.622. The van der Waals surface area contributed by atoms with Gasteiger partial charge in [-0.15, -0.1) is 0 Å². The van der Waals surface area contributed by atoms with E-state index in [9.17, 15) is 13.2 Å². The van der Waals surface area contributed by atoms with Crippen molar-refractivity contribution >= 4 is 15.9 Å². The summed E-state index contributed by atoms with van der Waals surface area (Å²) in [6, 6.07) is 6.59. The summed E-state index contributed by atoms with van der Waals surface area (Å²) in [7, 11) is -3.58. The topological polar surface area (TPSA) is 92.5 Å². The molecule has 1 aromatic carbocycles. The molecule has 2 atom stereocenters. The second-order valence-corrected chi connectivity index (χ2v) is 7.62. The second kappa shape index (κ2) is 5.40. The van der Waals surface area contributed by atoms with Crippen molar-refractivity contribution in [2.75, 3.05) is 13.1 Å². The van der Waals surface area contributed by atoms with Crippen LogP contribution >= 0.6 is 0 Å². The Morgan fingerprint density at radius 3 is 2.76 bits per heavy atom. The van der Waals surface area contributed by atoms with Crippen molar-refractivity contribution in [3.05, 3.63) is 29.8 Å². The highest BCUT2D eigenvalue weighted by Gasteiger charge is 2.35. The second-order valence-electron chi connectivity index (χ2n) is 5.68. The molecular formula is C14H19N3O3S. The number of rotatable bonds is 3. The first-order valence-electron chi connectivity index (χ1n) is 7.13. The zero-order valence-corrected chi connectivity index (χ0v) is 12.5. The van der Waals surface area contributed by atoms with Gasteiger partial charge in [-0.2, -0.15) is 4.31 Å². The first-order chi connectivity index (χ1) is 9.96. The average molecular weight is 309 g/mol. The lowest BCUT2D eigenvalue weighted by molar-refractivity contribution is 0.1000. The van der Waals surface area contributed by atoms with Crippen LogP contribution in [-0.4, -0.2) is 43.8 Å². The summed E-state index contributed by atoms with van der Waals surface area (Å²) in [4.78, 5) is 11.4. The van der Waals surface area contributed by atoms with E-state index in [1.54, 1.807) is 6.07 Å². The van der Waals surface area contributed by atoms with Crippen LogP contribution in [0.15, 0.2) is 29.2 Å². The molecule has 2 fully saturated rings. The van der Waals surface area contributed by atoms with Crippen LogP contribution in [0.5, 0.6) is 0 Å². The molecule has 3 N–H and O–H groups in total. The Bertz CT molecular complexity index is 659. The van der Waals surface area contributed by atoms with Crippen LogP contribution < -0.4 is 11.1 Å². The van der Waals surface area contributed by atoms with Crippen LogP contribution in [0, 0.1) is 0 Å². The number of primary amides is 1. The number of sulfonamides is 1. The third-order valence-corrected chi connectivity index (χ3v) is 6.10. The molecule has 21 heavy (non-hydrogen) atoms. The fraction of sp³-hybridized carbons (Fsp3) is 0.500. The molecule has 0 spiro atoms. The minimum absolute atomic E-state index is 0.136. The lowest BCUT2D eigenvalue weighted by atomic mass is 10.1. The normalized spacial score (nSPS) is 26.5. The van der Waals surface area contributed by atoms with E-state index in [0.717, 1.165) is 19.3 Å². The number of hydrogen-bond donors (Lipinski definition) is 2. The highest BCUT2D eigenvalue weighted by Crippen LogP contribution is 2.25. The monoisotopic (exact) mass is 309 g/mol. The van der Waals surface area contributed by atoms with Crippen molar-refractivity contribution in [1.29, 1.82) is 0 Å². The van der Waals surface area contributed by atoms with Crippen LogP contribution in [0.25, 0.3) is 0 Å². The standard InChI is InChI=1S/C14H19N3O3S/c15-14(18)10-2-1-3-13(8-10)21(19,20)17-7-6-11-4-5-12(9-17)16-11/h1-3,8,11-12,16H,4-7,9H2,(H2,15,18). The van der Waals surface area contributed by atoms with Crippen molar-refractivity contribution in [2.24, 2.45) is 5.73 Å². The fourth-order valence-electron chi connectivity index (χ4n) is 3.09. The van der Waals surface area contributed by atoms with Gasteiger partial charge in [-0.3, -0.25) is 4.79 Å². The van der Waals surface area contributed by atoms with Crippen molar-refractivity contribution in [3.8, 4) is 0 Å². The van der Waals surface area contributed by atoms with Crippen molar-refractivity contribution in [1.82, 2.24) is 9.62 Å². The molecule has 6 nitrogen and oxygen atoms in total. The maximum absolute atomic E-state index is 12.7. The molecule has 2 unspecified atom stereocenters. The largest absolute Gasteiger partial charge is 0.366 e.